The summed E-state index contributed by atoms with van der Waals surface area (Å²) in [6, 6.07) is 3.78. The standard InChI is InChI=1S/C23H35N2O11P/c1-13(2)33-22(29)17-6-5-11-25(17)37(31,35-16-9-7-15(32-4)8-10-16)36-21-19(24-14(3)27)23(30)34-18(12-26)20(21)28/h7-10,13,17-21,23,26,28,30H,5-6,11-12H2,1-4H3,(H,24,27)/t17-,18+,19+,20+,21+,23-,37?/m0/s1. The molecule has 0 aromatic heterocycles. The third-order valence-electron chi connectivity index (χ3n) is 5.94. The van der Waals surface area contributed by atoms with Crippen LogP contribution in [0.15, 0.2) is 24.3 Å². The number of carbonyl (C=O) groups excluding carboxylic acids is 2. The molecule has 3 rings (SSSR count). The summed E-state index contributed by atoms with van der Waals surface area (Å²) in [5, 5.41) is 33.4. The summed E-state index contributed by atoms with van der Waals surface area (Å²) in [5.41, 5.74) is 0. The third-order valence-corrected chi connectivity index (χ3v) is 8.00. The number of aliphatic hydroxyl groups is 3. The van der Waals surface area contributed by atoms with Crippen LogP contribution in [0.25, 0.3) is 0 Å². The van der Waals surface area contributed by atoms with Gasteiger partial charge in [-0.2, -0.15) is 4.67 Å². The SMILES string of the molecule is COc1ccc(OP(=O)(O[C@H]2[C@H](O)[C@@H](CO)O[C@H](O)[C@@H]2NC(C)=O)N2CCC[C@H]2C(=O)OC(C)C)cc1. The van der Waals surface area contributed by atoms with Crippen molar-refractivity contribution in [2.75, 3.05) is 20.3 Å². The Balaban J connectivity index is 2.01. The zero-order chi connectivity index (χ0) is 27.3. The normalized spacial score (nSPS) is 29.9. The Kier molecular flexibility index (Phi) is 9.92. The van der Waals surface area contributed by atoms with E-state index in [1.54, 1.807) is 26.0 Å². The molecule has 1 aromatic carbocycles. The van der Waals surface area contributed by atoms with Crippen molar-refractivity contribution in [3.63, 3.8) is 0 Å². The first-order valence-electron chi connectivity index (χ1n) is 12.0. The average Bonchev–Trinajstić information content (AvgIpc) is 3.34. The maximum absolute atomic E-state index is 14.5. The molecule has 2 aliphatic heterocycles. The van der Waals surface area contributed by atoms with Crippen LogP contribution in [0.1, 0.15) is 33.6 Å². The molecule has 13 nitrogen and oxygen atoms in total. The van der Waals surface area contributed by atoms with Crippen LogP contribution in [0.4, 0.5) is 0 Å². The van der Waals surface area contributed by atoms with Crippen molar-refractivity contribution in [1.29, 1.82) is 0 Å². The molecule has 1 aromatic rings. The van der Waals surface area contributed by atoms with Gasteiger partial charge in [0.05, 0.1) is 19.8 Å². The van der Waals surface area contributed by atoms with Crippen molar-refractivity contribution < 1.29 is 52.7 Å². The second kappa shape index (κ2) is 12.5. The Bertz CT molecular complexity index is 976. The van der Waals surface area contributed by atoms with Gasteiger partial charge in [-0.3, -0.25) is 14.1 Å². The van der Waals surface area contributed by atoms with E-state index in [1.807, 2.05) is 0 Å². The number of amides is 1. The van der Waals surface area contributed by atoms with Crippen LogP contribution in [0, 0.1) is 0 Å². The number of nitrogens with zero attached hydrogens (tertiary/aromatic N) is 1. The Morgan fingerprint density at radius 2 is 1.86 bits per heavy atom. The minimum atomic E-state index is -4.48. The fourth-order valence-electron chi connectivity index (χ4n) is 4.25. The van der Waals surface area contributed by atoms with Crippen molar-refractivity contribution in [3.8, 4) is 11.5 Å². The molecule has 0 bridgehead atoms. The van der Waals surface area contributed by atoms with E-state index in [4.69, 9.17) is 23.3 Å². The lowest BCUT2D eigenvalue weighted by Crippen LogP contribution is -2.64. The second-order valence-electron chi connectivity index (χ2n) is 9.08. The number of aliphatic hydroxyl groups excluding tert-OH is 3. The maximum Gasteiger partial charge on any atom is 0.462 e. The Hall–Kier alpha value is -2.25. The topological polar surface area (TPSA) is 173 Å². The lowest BCUT2D eigenvalue weighted by Gasteiger charge is -2.44. The highest BCUT2D eigenvalue weighted by Crippen LogP contribution is 2.57. The van der Waals surface area contributed by atoms with Gasteiger partial charge in [0.25, 0.3) is 0 Å². The molecule has 14 heteroatoms. The quantitative estimate of drug-likeness (QED) is 0.238. The Labute approximate surface area is 215 Å². The Morgan fingerprint density at radius 1 is 1.22 bits per heavy atom. The average molecular weight is 547 g/mol. The highest BCUT2D eigenvalue weighted by atomic mass is 31.2. The van der Waals surface area contributed by atoms with Crippen molar-refractivity contribution in [2.45, 2.75) is 76.4 Å². The molecular formula is C23H35N2O11P. The van der Waals surface area contributed by atoms with Crippen LogP contribution in [0.3, 0.4) is 0 Å². The van der Waals surface area contributed by atoms with Crippen LogP contribution in [-0.2, 0) is 28.2 Å². The largest absolute Gasteiger partial charge is 0.497 e. The first-order valence-corrected chi connectivity index (χ1v) is 13.5. The number of rotatable bonds is 10. The third kappa shape index (κ3) is 6.99. The number of hydrogen-bond donors (Lipinski definition) is 4. The van der Waals surface area contributed by atoms with Gasteiger partial charge < -0.3 is 39.4 Å². The van der Waals surface area contributed by atoms with Gasteiger partial charge in [0.2, 0.25) is 5.91 Å². The lowest BCUT2D eigenvalue weighted by molar-refractivity contribution is -0.250. The summed E-state index contributed by atoms with van der Waals surface area (Å²) in [6.45, 7) is 4.01. The molecule has 2 aliphatic rings. The van der Waals surface area contributed by atoms with Crippen molar-refractivity contribution in [2.24, 2.45) is 0 Å². The van der Waals surface area contributed by atoms with Gasteiger partial charge in [0.15, 0.2) is 6.29 Å². The van der Waals surface area contributed by atoms with E-state index in [0.29, 0.717) is 18.6 Å². The van der Waals surface area contributed by atoms with Gasteiger partial charge >= 0.3 is 13.7 Å². The second-order valence-corrected chi connectivity index (χ2v) is 10.9. The van der Waals surface area contributed by atoms with Gasteiger partial charge in [0.1, 0.15) is 41.9 Å². The number of ether oxygens (including phenoxy) is 3. The molecule has 0 radical (unpaired) electrons. The summed E-state index contributed by atoms with van der Waals surface area (Å²) < 4.78 is 43.3. The lowest BCUT2D eigenvalue weighted by atomic mass is 9.97. The van der Waals surface area contributed by atoms with E-state index in [0.717, 1.165) is 0 Å². The fourth-order valence-corrected chi connectivity index (χ4v) is 6.41. The molecule has 0 spiro atoms. The molecule has 4 N–H and O–H groups in total. The molecule has 37 heavy (non-hydrogen) atoms. The highest BCUT2D eigenvalue weighted by molar-refractivity contribution is 7.51. The molecule has 7 atom stereocenters. The van der Waals surface area contributed by atoms with Crippen LogP contribution in [0.5, 0.6) is 11.5 Å². The molecule has 2 saturated heterocycles. The van der Waals surface area contributed by atoms with Gasteiger partial charge in [-0.05, 0) is 51.0 Å². The number of hydrogen-bond acceptors (Lipinski definition) is 11. The number of methoxy groups -OCH3 is 1. The predicted octanol–water partition coefficient (Wildman–Crippen LogP) is 0.558. The van der Waals surface area contributed by atoms with Gasteiger partial charge in [-0.15, -0.1) is 0 Å². The summed E-state index contributed by atoms with van der Waals surface area (Å²) in [4.78, 5) is 24.7. The molecule has 0 saturated carbocycles. The van der Waals surface area contributed by atoms with E-state index >= 15 is 0 Å². The van der Waals surface area contributed by atoms with Crippen LogP contribution < -0.4 is 14.6 Å². The van der Waals surface area contributed by atoms with E-state index < -0.39 is 69.0 Å². The van der Waals surface area contributed by atoms with E-state index in [9.17, 15) is 29.5 Å². The summed E-state index contributed by atoms with van der Waals surface area (Å²) in [6.07, 6.45) is -5.80. The Morgan fingerprint density at radius 3 is 2.43 bits per heavy atom. The first kappa shape index (κ1) is 29.3. The number of esters is 1. The smallest absolute Gasteiger partial charge is 0.462 e. The molecule has 2 fully saturated rings. The van der Waals surface area contributed by atoms with Crippen LogP contribution in [-0.4, -0.2) is 94.9 Å². The number of benzene rings is 1. The summed E-state index contributed by atoms with van der Waals surface area (Å²) in [5.74, 6) is -0.568. The minimum Gasteiger partial charge on any atom is -0.497 e. The molecular weight excluding hydrogens is 511 g/mol. The van der Waals surface area contributed by atoms with Crippen molar-refractivity contribution in [1.82, 2.24) is 9.99 Å². The van der Waals surface area contributed by atoms with Crippen LogP contribution in [0.2, 0.25) is 0 Å². The first-order chi connectivity index (χ1) is 17.5. The number of carbonyl (C=O) groups is 2. The van der Waals surface area contributed by atoms with Gasteiger partial charge in [-0.1, -0.05) is 0 Å². The zero-order valence-electron chi connectivity index (χ0n) is 21.2. The molecule has 1 unspecified atom stereocenters. The minimum absolute atomic E-state index is 0.115. The highest BCUT2D eigenvalue weighted by Gasteiger charge is 2.54. The maximum atomic E-state index is 14.5. The molecule has 2 heterocycles. The molecule has 208 valence electrons. The van der Waals surface area contributed by atoms with Crippen molar-refractivity contribution >= 4 is 19.6 Å². The monoisotopic (exact) mass is 546 g/mol. The predicted molar refractivity (Wildman–Crippen MR) is 129 cm³/mol. The zero-order valence-corrected chi connectivity index (χ0v) is 22.1. The van der Waals surface area contributed by atoms with E-state index in [1.165, 1.54) is 30.8 Å². The van der Waals surface area contributed by atoms with Gasteiger partial charge in [0, 0.05) is 13.5 Å². The molecule has 0 aliphatic carbocycles. The fraction of sp³-hybridized carbons (Fsp3) is 0.652. The van der Waals surface area contributed by atoms with Gasteiger partial charge in [-0.25, -0.2) is 4.57 Å². The summed E-state index contributed by atoms with van der Waals surface area (Å²) in [7, 11) is -3.00. The van der Waals surface area contributed by atoms with E-state index in [2.05, 4.69) is 5.32 Å². The van der Waals surface area contributed by atoms with Crippen molar-refractivity contribution in [3.05, 3.63) is 24.3 Å². The van der Waals surface area contributed by atoms with Crippen LogP contribution >= 0.6 is 7.75 Å². The van der Waals surface area contributed by atoms with E-state index in [-0.39, 0.29) is 12.3 Å². The number of nitrogens with one attached hydrogen (secondary N) is 1. The molecule has 1 amide bonds. The summed E-state index contributed by atoms with van der Waals surface area (Å²) >= 11 is 0.